The van der Waals surface area contributed by atoms with Gasteiger partial charge in [-0.2, -0.15) is 0 Å². The van der Waals surface area contributed by atoms with Crippen LogP contribution in [0, 0.1) is 0 Å². The third-order valence-corrected chi connectivity index (χ3v) is 7.50. The molecule has 5 rings (SSSR count). The molecule has 1 saturated heterocycles. The maximum Gasteiger partial charge on any atom is 0.257 e. The van der Waals surface area contributed by atoms with E-state index in [0.29, 0.717) is 23.5 Å². The number of nitrogens with zero attached hydrogens (tertiary/aromatic N) is 2. The Balaban J connectivity index is 1.47. The van der Waals surface area contributed by atoms with Gasteiger partial charge in [-0.25, -0.2) is 0 Å². The first-order valence-electron chi connectivity index (χ1n) is 11.6. The van der Waals surface area contributed by atoms with E-state index in [1.54, 1.807) is 29.7 Å². The highest BCUT2D eigenvalue weighted by Crippen LogP contribution is 2.26. The number of nitrogens with one attached hydrogen (secondary N) is 1. The number of benzene rings is 2. The van der Waals surface area contributed by atoms with Crippen LogP contribution in [-0.4, -0.2) is 41.7 Å². The molecule has 0 spiro atoms. The summed E-state index contributed by atoms with van der Waals surface area (Å²) >= 11 is 7.57. The molecule has 0 unspecified atom stereocenters. The Morgan fingerprint density at radius 1 is 1.00 bits per heavy atom. The van der Waals surface area contributed by atoms with Gasteiger partial charge in [0.2, 0.25) is 5.43 Å². The zero-order valence-electron chi connectivity index (χ0n) is 19.2. The van der Waals surface area contributed by atoms with Crippen LogP contribution in [0.4, 0.5) is 0 Å². The Morgan fingerprint density at radius 2 is 1.74 bits per heavy atom. The number of hydrogen-bond acceptors (Lipinski definition) is 5. The van der Waals surface area contributed by atoms with Gasteiger partial charge in [0.15, 0.2) is 0 Å². The van der Waals surface area contributed by atoms with Gasteiger partial charge in [0, 0.05) is 48.8 Å². The second-order valence-electron chi connectivity index (χ2n) is 8.61. The van der Waals surface area contributed by atoms with E-state index in [2.05, 4.69) is 10.2 Å². The number of carbonyl (C=O) groups is 1. The Morgan fingerprint density at radius 3 is 2.49 bits per heavy atom. The number of pyridine rings is 1. The van der Waals surface area contributed by atoms with Gasteiger partial charge in [0.05, 0.1) is 18.6 Å². The topological polar surface area (TPSA) is 63.6 Å². The molecule has 2 aromatic heterocycles. The lowest BCUT2D eigenvalue weighted by atomic mass is 10.1. The first-order valence-corrected chi connectivity index (χ1v) is 12.8. The van der Waals surface area contributed by atoms with Crippen LogP contribution in [-0.2, 0) is 24.4 Å². The molecule has 3 heterocycles. The molecule has 8 heteroatoms. The lowest BCUT2D eigenvalue weighted by molar-refractivity contribution is 0.0346. The van der Waals surface area contributed by atoms with Gasteiger partial charge in [-0.05, 0) is 29.3 Å². The zero-order valence-corrected chi connectivity index (χ0v) is 20.8. The van der Waals surface area contributed by atoms with Crippen molar-refractivity contribution in [2.75, 3.05) is 26.3 Å². The summed E-state index contributed by atoms with van der Waals surface area (Å²) in [6.45, 7) is 4.87. The summed E-state index contributed by atoms with van der Waals surface area (Å²) in [7, 11) is 0. The number of carbonyl (C=O) groups excluding carboxylic acids is 1. The van der Waals surface area contributed by atoms with Crippen molar-refractivity contribution in [3.63, 3.8) is 0 Å². The van der Waals surface area contributed by atoms with Crippen molar-refractivity contribution in [3.05, 3.63) is 104 Å². The van der Waals surface area contributed by atoms with Gasteiger partial charge < -0.3 is 14.6 Å². The minimum absolute atomic E-state index is 0.151. The molecule has 1 aliphatic rings. The van der Waals surface area contributed by atoms with Crippen LogP contribution in [0.3, 0.4) is 0 Å². The van der Waals surface area contributed by atoms with Crippen molar-refractivity contribution in [3.8, 4) is 0 Å². The summed E-state index contributed by atoms with van der Waals surface area (Å²) < 4.78 is 7.48. The number of aromatic nitrogens is 1. The lowest BCUT2D eigenvalue weighted by Crippen LogP contribution is -2.35. The van der Waals surface area contributed by atoms with Crippen LogP contribution in [0.25, 0.3) is 10.2 Å². The number of rotatable bonds is 7. The molecule has 1 aliphatic heterocycles. The quantitative estimate of drug-likeness (QED) is 0.399. The molecule has 35 heavy (non-hydrogen) atoms. The van der Waals surface area contributed by atoms with Crippen LogP contribution < -0.4 is 10.7 Å². The molecular formula is C27H26ClN3O3S. The first kappa shape index (κ1) is 23.8. The molecule has 4 aromatic rings. The van der Waals surface area contributed by atoms with Crippen molar-refractivity contribution in [1.29, 1.82) is 0 Å². The molecule has 1 amide bonds. The molecular weight excluding hydrogens is 482 g/mol. The van der Waals surface area contributed by atoms with E-state index in [1.165, 1.54) is 0 Å². The Bertz CT molecular complexity index is 1380. The highest BCUT2D eigenvalue weighted by molar-refractivity contribution is 7.18. The first-order chi connectivity index (χ1) is 17.1. The van der Waals surface area contributed by atoms with E-state index >= 15 is 0 Å². The number of fused-ring (bicyclic) bond motifs is 1. The largest absolute Gasteiger partial charge is 0.379 e. The summed E-state index contributed by atoms with van der Waals surface area (Å²) in [5, 5.41) is 4.12. The Kier molecular flexibility index (Phi) is 7.29. The van der Waals surface area contributed by atoms with Crippen LogP contribution in [0.5, 0.6) is 0 Å². The molecule has 2 aromatic carbocycles. The van der Waals surface area contributed by atoms with Crippen LogP contribution in [0.1, 0.15) is 26.4 Å². The minimum atomic E-state index is -0.380. The average Bonchev–Trinajstić information content (AvgIpc) is 3.31. The maximum absolute atomic E-state index is 13.4. The summed E-state index contributed by atoms with van der Waals surface area (Å²) in [4.78, 5) is 30.9. The number of amides is 1. The fourth-order valence-corrected chi connectivity index (χ4v) is 5.52. The van der Waals surface area contributed by atoms with E-state index in [-0.39, 0.29) is 16.9 Å². The fourth-order valence-electron chi connectivity index (χ4n) is 4.22. The predicted octanol–water partition coefficient (Wildman–Crippen LogP) is 4.53. The second kappa shape index (κ2) is 10.7. The zero-order chi connectivity index (χ0) is 24.2. The van der Waals surface area contributed by atoms with Gasteiger partial charge in [-0.15, -0.1) is 11.3 Å². The molecule has 0 atom stereocenters. The highest BCUT2D eigenvalue weighted by atomic mass is 35.5. The van der Waals surface area contributed by atoms with Gasteiger partial charge in [0.25, 0.3) is 5.91 Å². The molecule has 180 valence electrons. The second-order valence-corrected chi connectivity index (χ2v) is 10.2. The monoisotopic (exact) mass is 507 g/mol. The molecule has 0 radical (unpaired) electrons. The normalized spacial score (nSPS) is 14.3. The number of hydrogen-bond donors (Lipinski definition) is 1. The average molecular weight is 508 g/mol. The van der Waals surface area contributed by atoms with Gasteiger partial charge in [-0.3, -0.25) is 14.5 Å². The Hall–Kier alpha value is -2.97. The smallest absolute Gasteiger partial charge is 0.257 e. The van der Waals surface area contributed by atoms with E-state index in [0.717, 1.165) is 53.7 Å². The highest BCUT2D eigenvalue weighted by Gasteiger charge is 2.19. The van der Waals surface area contributed by atoms with Crippen LogP contribution in [0.2, 0.25) is 5.02 Å². The summed E-state index contributed by atoms with van der Waals surface area (Å²) in [6.07, 6.45) is 1.70. The van der Waals surface area contributed by atoms with Crippen LogP contribution >= 0.6 is 22.9 Å². The minimum Gasteiger partial charge on any atom is -0.379 e. The standard InChI is InChI=1S/C27H26ClN3O3S/c28-21-8-6-19(7-9-21)15-29-26(33)24-18-31(16-20-4-2-1-3-5-20)27-23(25(24)32)14-22(35-27)17-30-10-12-34-13-11-30/h1-9,14,18H,10-13,15-17H2,(H,29,33). The summed E-state index contributed by atoms with van der Waals surface area (Å²) in [5.41, 5.74) is 1.94. The van der Waals surface area contributed by atoms with E-state index < -0.39 is 0 Å². The van der Waals surface area contributed by atoms with Gasteiger partial charge in [-0.1, -0.05) is 54.1 Å². The van der Waals surface area contributed by atoms with Gasteiger partial charge >= 0.3 is 0 Å². The summed E-state index contributed by atoms with van der Waals surface area (Å²) in [6, 6.07) is 19.3. The molecule has 0 aliphatic carbocycles. The SMILES string of the molecule is O=C(NCc1ccc(Cl)cc1)c1cn(Cc2ccccc2)c2sc(CN3CCOCC3)cc2c1=O. The lowest BCUT2D eigenvalue weighted by Gasteiger charge is -2.25. The number of ether oxygens (including phenoxy) is 1. The molecule has 1 N–H and O–H groups in total. The van der Waals surface area contributed by atoms with Crippen molar-refractivity contribution < 1.29 is 9.53 Å². The van der Waals surface area contributed by atoms with Crippen LogP contribution in [0.15, 0.2) is 71.7 Å². The summed E-state index contributed by atoms with van der Waals surface area (Å²) in [5.74, 6) is -0.380. The van der Waals surface area contributed by atoms with E-state index in [4.69, 9.17) is 16.3 Å². The van der Waals surface area contributed by atoms with E-state index in [1.807, 2.05) is 53.1 Å². The molecule has 6 nitrogen and oxygen atoms in total. The number of halogens is 1. The number of thiophene rings is 1. The number of morpholine rings is 1. The predicted molar refractivity (Wildman–Crippen MR) is 140 cm³/mol. The fraction of sp³-hybridized carbons (Fsp3) is 0.259. The maximum atomic E-state index is 13.4. The third-order valence-electron chi connectivity index (χ3n) is 6.09. The Labute approximate surface area is 212 Å². The molecule has 0 bridgehead atoms. The molecule has 0 saturated carbocycles. The van der Waals surface area contributed by atoms with E-state index in [9.17, 15) is 9.59 Å². The van der Waals surface area contributed by atoms with Crippen molar-refractivity contribution in [2.24, 2.45) is 0 Å². The van der Waals surface area contributed by atoms with Gasteiger partial charge in [0.1, 0.15) is 10.4 Å². The van der Waals surface area contributed by atoms with Crippen molar-refractivity contribution in [2.45, 2.75) is 19.6 Å². The van der Waals surface area contributed by atoms with Crippen molar-refractivity contribution in [1.82, 2.24) is 14.8 Å². The third kappa shape index (κ3) is 5.65. The van der Waals surface area contributed by atoms with Crippen molar-refractivity contribution >= 4 is 39.1 Å². The molecule has 1 fully saturated rings.